The third kappa shape index (κ3) is 2.31. The van der Waals surface area contributed by atoms with E-state index in [2.05, 4.69) is 29.4 Å². The highest BCUT2D eigenvalue weighted by molar-refractivity contribution is 7.12. The minimum atomic E-state index is 0.0149. The fourth-order valence-corrected chi connectivity index (χ4v) is 4.06. The molecule has 2 unspecified atom stereocenters. The molecule has 3 nitrogen and oxygen atoms in total. The molecule has 114 valence electrons. The van der Waals surface area contributed by atoms with Crippen molar-refractivity contribution in [3.8, 4) is 5.75 Å². The van der Waals surface area contributed by atoms with Crippen molar-refractivity contribution in [3.63, 3.8) is 0 Å². The Bertz CT molecular complexity index is 713. The van der Waals surface area contributed by atoms with Crippen LogP contribution in [0.4, 0.5) is 0 Å². The molecule has 1 aromatic carbocycles. The van der Waals surface area contributed by atoms with Gasteiger partial charge in [0.25, 0.3) is 0 Å². The van der Waals surface area contributed by atoms with E-state index in [1.165, 1.54) is 4.88 Å². The van der Waals surface area contributed by atoms with Gasteiger partial charge >= 0.3 is 0 Å². The topological polar surface area (TPSA) is 24.8 Å². The van der Waals surface area contributed by atoms with Crippen LogP contribution in [0.25, 0.3) is 0 Å². The molecule has 2 aromatic rings. The number of rotatable bonds is 3. The maximum atomic E-state index is 6.19. The Kier molecular flexibility index (Phi) is 3.59. The second-order valence-corrected chi connectivity index (χ2v) is 7.05. The summed E-state index contributed by atoms with van der Waals surface area (Å²) in [7, 11) is 0. The van der Waals surface area contributed by atoms with Gasteiger partial charge in [0.2, 0.25) is 0 Å². The van der Waals surface area contributed by atoms with Gasteiger partial charge in [-0.25, -0.2) is 0 Å². The highest BCUT2D eigenvalue weighted by Gasteiger charge is 2.40. The number of halogens is 1. The van der Waals surface area contributed by atoms with Gasteiger partial charge in [-0.3, -0.25) is 5.01 Å². The molecule has 0 fully saturated rings. The van der Waals surface area contributed by atoms with Gasteiger partial charge in [-0.2, -0.15) is 5.10 Å². The first-order chi connectivity index (χ1) is 10.8. The van der Waals surface area contributed by atoms with Crippen molar-refractivity contribution in [3.05, 3.63) is 51.2 Å². The normalized spacial score (nSPS) is 22.8. The number of hydrogen-bond acceptors (Lipinski definition) is 4. The number of fused-ring (bicyclic) bond motifs is 3. The Hall–Kier alpha value is -1.52. The first-order valence-electron chi connectivity index (χ1n) is 7.62. The number of nitrogens with zero attached hydrogens (tertiary/aromatic N) is 2. The lowest BCUT2D eigenvalue weighted by molar-refractivity contribution is -0.0223. The van der Waals surface area contributed by atoms with Crippen LogP contribution in [0.15, 0.2) is 40.8 Å². The van der Waals surface area contributed by atoms with Crippen LogP contribution in [0.5, 0.6) is 5.75 Å². The molecule has 0 aliphatic carbocycles. The van der Waals surface area contributed by atoms with Crippen LogP contribution >= 0.6 is 22.9 Å². The molecule has 1 aromatic heterocycles. The predicted octanol–water partition coefficient (Wildman–Crippen LogP) is 5.07. The van der Waals surface area contributed by atoms with Gasteiger partial charge in [0.05, 0.1) is 16.6 Å². The number of hydrogen-bond donors (Lipinski definition) is 0. The van der Waals surface area contributed by atoms with Gasteiger partial charge in [-0.15, -0.1) is 11.3 Å². The lowest BCUT2D eigenvalue weighted by Gasteiger charge is -2.38. The molecule has 22 heavy (non-hydrogen) atoms. The van der Waals surface area contributed by atoms with E-state index in [1.807, 2.05) is 18.2 Å². The monoisotopic (exact) mass is 332 g/mol. The molecule has 4 rings (SSSR count). The Morgan fingerprint density at radius 1 is 1.41 bits per heavy atom. The van der Waals surface area contributed by atoms with E-state index in [-0.39, 0.29) is 12.3 Å². The Morgan fingerprint density at radius 3 is 3.09 bits per heavy atom. The van der Waals surface area contributed by atoms with Crippen LogP contribution < -0.4 is 4.74 Å². The van der Waals surface area contributed by atoms with Crippen molar-refractivity contribution >= 4 is 28.6 Å². The van der Waals surface area contributed by atoms with Gasteiger partial charge in [0, 0.05) is 23.4 Å². The maximum absolute atomic E-state index is 6.19. The molecule has 2 atom stereocenters. The lowest BCUT2D eigenvalue weighted by atomic mass is 9.98. The van der Waals surface area contributed by atoms with Gasteiger partial charge in [0.1, 0.15) is 5.75 Å². The number of hydrazone groups is 1. The van der Waals surface area contributed by atoms with Gasteiger partial charge in [-0.05, 0) is 29.6 Å². The summed E-state index contributed by atoms with van der Waals surface area (Å²) in [5, 5.41) is 9.86. The van der Waals surface area contributed by atoms with Crippen molar-refractivity contribution in [1.82, 2.24) is 5.01 Å². The van der Waals surface area contributed by atoms with E-state index >= 15 is 0 Å². The summed E-state index contributed by atoms with van der Waals surface area (Å²) in [5.74, 6) is 0.951. The quantitative estimate of drug-likeness (QED) is 0.783. The van der Waals surface area contributed by atoms with Crippen molar-refractivity contribution in [2.45, 2.75) is 38.5 Å². The van der Waals surface area contributed by atoms with Crippen LogP contribution in [0, 0.1) is 0 Å². The molecule has 5 heteroatoms. The molecule has 0 spiro atoms. The molecule has 2 aliphatic heterocycles. The molecule has 0 bridgehead atoms. The summed E-state index contributed by atoms with van der Waals surface area (Å²) in [6.45, 7) is 2.18. The molecule has 0 saturated heterocycles. The fraction of sp³-hybridized carbons (Fsp3) is 0.353. The Morgan fingerprint density at radius 2 is 2.32 bits per heavy atom. The van der Waals surface area contributed by atoms with Crippen LogP contribution in [-0.2, 0) is 0 Å². The first-order valence-corrected chi connectivity index (χ1v) is 8.88. The second-order valence-electron chi connectivity index (χ2n) is 5.67. The van der Waals surface area contributed by atoms with E-state index in [1.54, 1.807) is 11.3 Å². The second kappa shape index (κ2) is 5.60. The average Bonchev–Trinajstić information content (AvgIpc) is 3.17. The zero-order valence-corrected chi connectivity index (χ0v) is 13.9. The molecule has 0 N–H and O–H groups in total. The van der Waals surface area contributed by atoms with E-state index in [0.717, 1.165) is 41.3 Å². The summed E-state index contributed by atoms with van der Waals surface area (Å²) in [6, 6.07) is 10.3. The predicted molar refractivity (Wildman–Crippen MR) is 90.8 cm³/mol. The third-order valence-corrected chi connectivity index (χ3v) is 5.33. The molecule has 0 radical (unpaired) electrons. The zero-order valence-electron chi connectivity index (χ0n) is 12.3. The van der Waals surface area contributed by atoms with Crippen molar-refractivity contribution in [2.75, 3.05) is 0 Å². The summed E-state index contributed by atoms with van der Waals surface area (Å²) in [5.41, 5.74) is 2.30. The smallest absolute Gasteiger partial charge is 0.187 e. The molecular formula is C17H17ClN2OS. The Balaban J connectivity index is 1.74. The van der Waals surface area contributed by atoms with E-state index in [9.17, 15) is 0 Å². The summed E-state index contributed by atoms with van der Waals surface area (Å²) < 4.78 is 6.17. The number of thiophene rings is 1. The van der Waals surface area contributed by atoms with E-state index < -0.39 is 0 Å². The van der Waals surface area contributed by atoms with Gasteiger partial charge in [0.15, 0.2) is 6.23 Å². The summed E-state index contributed by atoms with van der Waals surface area (Å²) in [6.07, 6.45) is 2.97. The first kappa shape index (κ1) is 14.1. The molecule has 3 heterocycles. The maximum Gasteiger partial charge on any atom is 0.187 e. The van der Waals surface area contributed by atoms with Crippen LogP contribution in [0.1, 0.15) is 42.7 Å². The van der Waals surface area contributed by atoms with Gasteiger partial charge < -0.3 is 4.74 Å². The summed E-state index contributed by atoms with van der Waals surface area (Å²) >= 11 is 7.93. The Labute approximate surface area is 139 Å². The molecular weight excluding hydrogens is 316 g/mol. The summed E-state index contributed by atoms with van der Waals surface area (Å²) in [4.78, 5) is 1.24. The largest absolute Gasteiger partial charge is 0.469 e. The van der Waals surface area contributed by atoms with E-state index in [0.29, 0.717) is 0 Å². The lowest BCUT2D eigenvalue weighted by Crippen LogP contribution is -2.40. The molecule has 0 amide bonds. The van der Waals surface area contributed by atoms with E-state index in [4.69, 9.17) is 21.4 Å². The standard InChI is InChI=1S/C17H17ClN2OS/c1-2-4-17-20-14(10-13(19-20)16-5-3-8-22-16)12-9-11(18)6-7-15(12)21-17/h3,5-9,14,17H,2,4,10H2,1H3. The van der Waals surface area contributed by atoms with Crippen LogP contribution in [-0.4, -0.2) is 16.9 Å². The minimum absolute atomic E-state index is 0.0149. The fourth-order valence-electron chi connectivity index (χ4n) is 3.16. The van der Waals surface area contributed by atoms with Crippen LogP contribution in [0.3, 0.4) is 0 Å². The van der Waals surface area contributed by atoms with Crippen molar-refractivity contribution < 1.29 is 4.74 Å². The van der Waals surface area contributed by atoms with Crippen molar-refractivity contribution in [1.29, 1.82) is 0 Å². The SMILES string of the molecule is CCCC1Oc2ccc(Cl)cc2C2CC(c3cccs3)=NN12. The number of benzene rings is 1. The number of ether oxygens (including phenoxy) is 1. The average molecular weight is 333 g/mol. The highest BCUT2D eigenvalue weighted by atomic mass is 35.5. The molecule has 0 saturated carbocycles. The minimum Gasteiger partial charge on any atom is -0.469 e. The van der Waals surface area contributed by atoms with Crippen molar-refractivity contribution in [2.24, 2.45) is 5.10 Å². The zero-order chi connectivity index (χ0) is 15.1. The highest BCUT2D eigenvalue weighted by Crippen LogP contribution is 2.44. The third-order valence-electron chi connectivity index (χ3n) is 4.17. The van der Waals surface area contributed by atoms with Crippen LogP contribution in [0.2, 0.25) is 5.02 Å². The molecule has 2 aliphatic rings. The van der Waals surface area contributed by atoms with Gasteiger partial charge in [-0.1, -0.05) is 31.0 Å².